The van der Waals surface area contributed by atoms with Gasteiger partial charge >= 0.3 is 15.2 Å². The summed E-state index contributed by atoms with van der Waals surface area (Å²) in [6.07, 6.45) is 0. The van der Waals surface area contributed by atoms with Crippen molar-refractivity contribution in [2.24, 2.45) is 0 Å². The van der Waals surface area contributed by atoms with Crippen molar-refractivity contribution in [1.82, 2.24) is 0 Å². The van der Waals surface area contributed by atoms with Crippen molar-refractivity contribution in [3.05, 3.63) is 0 Å². The van der Waals surface area contributed by atoms with E-state index in [1.165, 1.54) is 0 Å². The third-order valence-electron chi connectivity index (χ3n) is 1.21. The fourth-order valence-corrected chi connectivity index (χ4v) is 2.53. The first-order valence-electron chi connectivity index (χ1n) is 2.56. The molecule has 66 valence electrons. The van der Waals surface area contributed by atoms with Crippen molar-refractivity contribution in [2.45, 2.75) is 12.3 Å². The third-order valence-corrected chi connectivity index (χ3v) is 5.39. The fourth-order valence-electron chi connectivity index (χ4n) is 0.399. The summed E-state index contributed by atoms with van der Waals surface area (Å²) in [4.78, 5) is 17.0. The Labute approximate surface area is 61.8 Å². The van der Waals surface area contributed by atoms with Crippen LogP contribution < -0.4 is 0 Å². The van der Waals surface area contributed by atoms with Gasteiger partial charge in [-0.3, -0.25) is 9.13 Å². The summed E-state index contributed by atoms with van der Waals surface area (Å²) < 4.78 is 29.3. The molecule has 1 heterocycles. The molecule has 11 heavy (non-hydrogen) atoms. The minimum absolute atomic E-state index is 1.06. The van der Waals surface area contributed by atoms with Crippen LogP contribution in [0.15, 0.2) is 0 Å². The van der Waals surface area contributed by atoms with Gasteiger partial charge in [0.1, 0.15) is 0 Å². The van der Waals surface area contributed by atoms with Gasteiger partial charge in [0.05, 0.1) is 0 Å². The van der Waals surface area contributed by atoms with Crippen molar-refractivity contribution < 1.29 is 33.3 Å². The summed E-state index contributed by atoms with van der Waals surface area (Å²) in [5.41, 5.74) is 0. The van der Waals surface area contributed by atoms with E-state index in [0.29, 0.717) is 0 Å². The SMILES string of the molecule is CC(P(=O)(O)O)P1(=O)OOO1. The highest BCUT2D eigenvalue weighted by Crippen LogP contribution is 2.70. The molecular formula is C2H6O7P2. The average Bonchev–Trinajstić information content (AvgIpc) is 1.79. The average molecular weight is 204 g/mol. The Bertz CT molecular complexity index is 233. The van der Waals surface area contributed by atoms with Gasteiger partial charge in [-0.05, 0) is 6.92 Å². The van der Waals surface area contributed by atoms with Crippen LogP contribution in [-0.4, -0.2) is 15.2 Å². The molecule has 0 aromatic rings. The lowest BCUT2D eigenvalue weighted by molar-refractivity contribution is -0.488. The Balaban J connectivity index is 2.76. The molecule has 1 saturated heterocycles. The van der Waals surface area contributed by atoms with E-state index >= 15 is 0 Å². The van der Waals surface area contributed by atoms with Crippen molar-refractivity contribution in [3.8, 4) is 0 Å². The summed E-state index contributed by atoms with van der Waals surface area (Å²) in [6, 6.07) is 0. The third kappa shape index (κ3) is 1.71. The maximum Gasteiger partial charge on any atom is 0.404 e. The largest absolute Gasteiger partial charge is 0.404 e. The molecule has 0 aliphatic carbocycles. The van der Waals surface area contributed by atoms with E-state index < -0.39 is 20.6 Å². The molecule has 1 aliphatic rings. The van der Waals surface area contributed by atoms with Gasteiger partial charge < -0.3 is 9.79 Å². The zero-order chi connectivity index (χ0) is 8.70. The van der Waals surface area contributed by atoms with Crippen molar-refractivity contribution in [2.75, 3.05) is 0 Å². The van der Waals surface area contributed by atoms with Gasteiger partial charge in [0, 0.05) is 0 Å². The minimum atomic E-state index is -4.44. The molecule has 0 aromatic carbocycles. The van der Waals surface area contributed by atoms with Crippen LogP contribution in [0.25, 0.3) is 0 Å². The van der Waals surface area contributed by atoms with E-state index in [4.69, 9.17) is 9.79 Å². The lowest BCUT2D eigenvalue weighted by atomic mass is 11.0. The molecule has 1 unspecified atom stereocenters. The molecule has 0 aromatic heterocycles. The molecular weight excluding hydrogens is 198 g/mol. The molecule has 7 nitrogen and oxygen atoms in total. The Morgan fingerprint density at radius 3 is 2.00 bits per heavy atom. The lowest BCUT2D eigenvalue weighted by Crippen LogP contribution is -2.17. The first-order chi connectivity index (χ1) is 4.86. The maximum absolute atomic E-state index is 11.0. The minimum Gasteiger partial charge on any atom is -0.324 e. The molecule has 0 saturated carbocycles. The van der Waals surface area contributed by atoms with Crippen LogP contribution in [0.4, 0.5) is 0 Å². The van der Waals surface area contributed by atoms with Crippen molar-refractivity contribution in [1.29, 1.82) is 0 Å². The van der Waals surface area contributed by atoms with E-state index in [1.54, 1.807) is 0 Å². The highest BCUT2D eigenvalue weighted by molar-refractivity contribution is 7.71. The van der Waals surface area contributed by atoms with E-state index in [2.05, 4.69) is 14.4 Å². The predicted molar refractivity (Wildman–Crippen MR) is 32.4 cm³/mol. The van der Waals surface area contributed by atoms with Crippen molar-refractivity contribution >= 4 is 15.2 Å². The molecule has 0 spiro atoms. The van der Waals surface area contributed by atoms with E-state index in [1.807, 2.05) is 0 Å². The molecule has 1 fully saturated rings. The monoisotopic (exact) mass is 204 g/mol. The van der Waals surface area contributed by atoms with Crippen LogP contribution in [0.3, 0.4) is 0 Å². The van der Waals surface area contributed by atoms with E-state index in [9.17, 15) is 9.13 Å². The Hall–Kier alpha value is 0.260. The van der Waals surface area contributed by atoms with E-state index in [-0.39, 0.29) is 0 Å². The van der Waals surface area contributed by atoms with Crippen LogP contribution in [0.5, 0.6) is 0 Å². The maximum atomic E-state index is 11.0. The zero-order valence-corrected chi connectivity index (χ0v) is 7.20. The molecule has 0 bridgehead atoms. The van der Waals surface area contributed by atoms with Crippen LogP contribution >= 0.6 is 15.2 Å². The summed E-state index contributed by atoms with van der Waals surface area (Å²) in [6.45, 7) is 1.06. The van der Waals surface area contributed by atoms with Gasteiger partial charge in [0.25, 0.3) is 0 Å². The first-order valence-corrected chi connectivity index (χ1v) is 5.85. The van der Waals surface area contributed by atoms with Crippen LogP contribution in [0, 0.1) is 0 Å². The first kappa shape index (κ1) is 9.35. The molecule has 2 N–H and O–H groups in total. The van der Waals surface area contributed by atoms with Gasteiger partial charge in [0.2, 0.25) is 0 Å². The number of hydrogen-bond donors (Lipinski definition) is 2. The van der Waals surface area contributed by atoms with Crippen molar-refractivity contribution in [3.63, 3.8) is 0 Å². The number of hydrogen-bond acceptors (Lipinski definition) is 5. The van der Waals surface area contributed by atoms with Gasteiger partial charge in [-0.25, -0.2) is 0 Å². The normalized spacial score (nSPS) is 25.7. The topological polar surface area (TPSA) is 102 Å². The summed E-state index contributed by atoms with van der Waals surface area (Å²) in [5, 5.41) is 2.17. The lowest BCUT2D eigenvalue weighted by Gasteiger charge is -2.26. The molecule has 1 rings (SSSR count). The number of rotatable bonds is 2. The highest BCUT2D eigenvalue weighted by Gasteiger charge is 2.52. The second kappa shape index (κ2) is 2.64. The van der Waals surface area contributed by atoms with Crippen LogP contribution in [-0.2, 0) is 23.5 Å². The smallest absolute Gasteiger partial charge is 0.324 e. The molecule has 9 heteroatoms. The van der Waals surface area contributed by atoms with Crippen LogP contribution in [0.1, 0.15) is 6.92 Å². The molecule has 1 aliphatic heterocycles. The second-order valence-electron chi connectivity index (χ2n) is 1.98. The molecule has 1 atom stereocenters. The Kier molecular flexibility index (Phi) is 2.24. The Morgan fingerprint density at radius 1 is 1.45 bits per heavy atom. The van der Waals surface area contributed by atoms with E-state index in [0.717, 1.165) is 6.92 Å². The second-order valence-corrected chi connectivity index (χ2v) is 6.49. The van der Waals surface area contributed by atoms with Gasteiger partial charge in [-0.15, -0.1) is 9.35 Å². The van der Waals surface area contributed by atoms with Gasteiger partial charge in [-0.1, -0.05) is 5.04 Å². The summed E-state index contributed by atoms with van der Waals surface area (Å²) in [5.74, 6) is 0. The standard InChI is InChI=1S/C2H6O7P2/c1-2(10(3,4)5)11(6)8-7-9-11/h2H,1H3,(H2,3,4,5). The quantitative estimate of drug-likeness (QED) is 0.501. The Morgan fingerprint density at radius 2 is 1.91 bits per heavy atom. The molecule has 0 amide bonds. The van der Waals surface area contributed by atoms with Gasteiger partial charge in [-0.2, -0.15) is 0 Å². The predicted octanol–water partition coefficient (Wildman–Crippen LogP) is 0.597. The zero-order valence-electron chi connectivity index (χ0n) is 5.41. The van der Waals surface area contributed by atoms with Crippen LogP contribution in [0.2, 0.25) is 0 Å². The van der Waals surface area contributed by atoms with Gasteiger partial charge in [0.15, 0.2) is 5.40 Å². The fraction of sp³-hybridized carbons (Fsp3) is 1.00. The molecule has 0 radical (unpaired) electrons. The highest BCUT2D eigenvalue weighted by atomic mass is 31.2. The summed E-state index contributed by atoms with van der Waals surface area (Å²) in [7, 11) is -8.13. The summed E-state index contributed by atoms with van der Waals surface area (Å²) >= 11 is 0.